The molecule has 1 aliphatic heterocycles. The van der Waals surface area contributed by atoms with Gasteiger partial charge in [0.15, 0.2) is 0 Å². The van der Waals surface area contributed by atoms with Crippen molar-refractivity contribution in [1.82, 2.24) is 0 Å². The summed E-state index contributed by atoms with van der Waals surface area (Å²) in [4.78, 5) is 0. The van der Waals surface area contributed by atoms with Crippen molar-refractivity contribution in [3.8, 4) is 0 Å². The van der Waals surface area contributed by atoms with Crippen LogP contribution in [0.4, 0.5) is 0 Å². The molecule has 0 bridgehead atoms. The first kappa shape index (κ1) is 9.36. The fourth-order valence-corrected chi connectivity index (χ4v) is 2.67. The highest BCUT2D eigenvalue weighted by Gasteiger charge is 2.91. The number of nitrogens with two attached hydrogens (primary N) is 1. The zero-order chi connectivity index (χ0) is 10.1. The first-order valence-electron chi connectivity index (χ1n) is 4.30. The van der Waals surface area contributed by atoms with Crippen molar-refractivity contribution >= 4 is 0 Å². The Morgan fingerprint density at radius 1 is 1.31 bits per heavy atom. The molecule has 2 rings (SSSR count). The Hall–Kier alpha value is -0.200. The minimum atomic E-state index is -1.42. The van der Waals surface area contributed by atoms with Gasteiger partial charge in [-0.2, -0.15) is 0 Å². The van der Waals surface area contributed by atoms with Gasteiger partial charge in [0.1, 0.15) is 23.5 Å². The Labute approximate surface area is 76.1 Å². The molecule has 0 unspecified atom stereocenters. The van der Waals surface area contributed by atoms with E-state index in [4.69, 9.17) is 15.6 Å². The van der Waals surface area contributed by atoms with Crippen molar-refractivity contribution in [2.45, 2.75) is 37.4 Å². The van der Waals surface area contributed by atoms with E-state index in [0.717, 1.165) is 0 Å². The average Bonchev–Trinajstić information content (AvgIpc) is 2.34. The van der Waals surface area contributed by atoms with E-state index in [1.165, 1.54) is 0 Å². The molecular weight excluding hydrogens is 174 g/mol. The van der Waals surface area contributed by atoms with E-state index in [0.29, 0.717) is 0 Å². The van der Waals surface area contributed by atoms with E-state index in [2.05, 4.69) is 0 Å². The van der Waals surface area contributed by atoms with E-state index in [1.807, 2.05) is 0 Å². The van der Waals surface area contributed by atoms with Crippen molar-refractivity contribution in [3.63, 3.8) is 0 Å². The van der Waals surface area contributed by atoms with Gasteiger partial charge in [0.05, 0.1) is 6.61 Å². The van der Waals surface area contributed by atoms with Crippen LogP contribution in [0, 0.1) is 5.41 Å². The molecule has 13 heavy (non-hydrogen) atoms. The zero-order valence-corrected chi connectivity index (χ0v) is 7.69. The molecule has 1 saturated heterocycles. The highest BCUT2D eigenvalue weighted by Crippen LogP contribution is 2.71. The molecule has 1 saturated carbocycles. The van der Waals surface area contributed by atoms with Crippen molar-refractivity contribution < 1.29 is 20.1 Å². The molecule has 1 heterocycles. The molecule has 0 aromatic heterocycles. The summed E-state index contributed by atoms with van der Waals surface area (Å²) >= 11 is 0. The van der Waals surface area contributed by atoms with Gasteiger partial charge in [0.25, 0.3) is 0 Å². The Morgan fingerprint density at radius 2 is 1.85 bits per heavy atom. The lowest BCUT2D eigenvalue weighted by Crippen LogP contribution is -2.41. The van der Waals surface area contributed by atoms with Gasteiger partial charge in [-0.25, -0.2) is 0 Å². The first-order chi connectivity index (χ1) is 5.84. The third kappa shape index (κ3) is 0.619. The molecule has 5 nitrogen and oxygen atoms in total. The lowest BCUT2D eigenvalue weighted by molar-refractivity contribution is -0.0930. The van der Waals surface area contributed by atoms with Gasteiger partial charge in [-0.15, -0.1) is 0 Å². The number of fused-ring (bicyclic) bond motifs is 1. The predicted molar refractivity (Wildman–Crippen MR) is 43.6 cm³/mol. The second-order valence-electron chi connectivity index (χ2n) is 4.39. The van der Waals surface area contributed by atoms with Gasteiger partial charge in [0.2, 0.25) is 0 Å². The predicted octanol–water partition coefficient (Wildman–Crippen LogP) is -1.84. The number of aliphatic hydroxyl groups excluding tert-OH is 1. The van der Waals surface area contributed by atoms with Crippen LogP contribution in [0.2, 0.25) is 0 Å². The zero-order valence-electron chi connectivity index (χ0n) is 7.69. The van der Waals surface area contributed by atoms with Gasteiger partial charge in [-0.3, -0.25) is 0 Å². The van der Waals surface area contributed by atoms with Crippen LogP contribution in [0.25, 0.3) is 0 Å². The van der Waals surface area contributed by atoms with Gasteiger partial charge in [-0.05, 0) is 0 Å². The molecule has 2 fully saturated rings. The van der Waals surface area contributed by atoms with Gasteiger partial charge >= 0.3 is 0 Å². The summed E-state index contributed by atoms with van der Waals surface area (Å²) in [6.45, 7) is 3.08. The van der Waals surface area contributed by atoms with Crippen molar-refractivity contribution in [3.05, 3.63) is 0 Å². The molecule has 0 amide bonds. The van der Waals surface area contributed by atoms with Gasteiger partial charge in [-0.1, -0.05) is 13.8 Å². The summed E-state index contributed by atoms with van der Waals surface area (Å²) < 4.78 is 5.04. The van der Waals surface area contributed by atoms with Gasteiger partial charge in [0, 0.05) is 5.41 Å². The lowest BCUT2D eigenvalue weighted by Gasteiger charge is -2.23. The van der Waals surface area contributed by atoms with Crippen LogP contribution in [0.5, 0.6) is 0 Å². The van der Waals surface area contributed by atoms with Crippen LogP contribution in [0.1, 0.15) is 13.8 Å². The molecule has 0 radical (unpaired) electrons. The van der Waals surface area contributed by atoms with Crippen LogP contribution in [0.15, 0.2) is 0 Å². The highest BCUT2D eigenvalue weighted by molar-refractivity contribution is 5.39. The Balaban J connectivity index is 2.40. The maximum atomic E-state index is 10.1. The van der Waals surface area contributed by atoms with E-state index in [-0.39, 0.29) is 6.61 Å². The van der Waals surface area contributed by atoms with Gasteiger partial charge < -0.3 is 25.8 Å². The van der Waals surface area contributed by atoms with E-state index in [9.17, 15) is 10.2 Å². The number of rotatable bonds is 1. The second-order valence-corrected chi connectivity index (χ2v) is 4.39. The Kier molecular flexibility index (Phi) is 1.49. The number of aliphatic hydroxyl groups is 3. The monoisotopic (exact) mass is 189 g/mol. The summed E-state index contributed by atoms with van der Waals surface area (Å²) in [6.07, 6.45) is -1.72. The molecule has 76 valence electrons. The van der Waals surface area contributed by atoms with Crippen LogP contribution in [-0.2, 0) is 4.74 Å². The molecule has 5 N–H and O–H groups in total. The molecule has 2 aliphatic rings. The topological polar surface area (TPSA) is 95.9 Å². The van der Waals surface area contributed by atoms with E-state index < -0.39 is 28.9 Å². The lowest BCUT2D eigenvalue weighted by atomic mass is 10.0. The van der Waals surface area contributed by atoms with Crippen LogP contribution in [-0.4, -0.2) is 45.5 Å². The molecule has 0 aromatic carbocycles. The van der Waals surface area contributed by atoms with Crippen molar-refractivity contribution in [2.75, 3.05) is 6.61 Å². The number of hydrogen-bond acceptors (Lipinski definition) is 5. The molecular formula is C8H15NO4. The normalized spacial score (nSPS) is 57.7. The molecule has 0 spiro atoms. The third-order valence-electron chi connectivity index (χ3n) is 3.78. The first-order valence-corrected chi connectivity index (χ1v) is 4.30. The summed E-state index contributed by atoms with van der Waals surface area (Å²) in [5, 5.41) is 29.0. The largest absolute Gasteiger partial charge is 0.394 e. The number of ether oxygens (including phenoxy) is 1. The Bertz CT molecular complexity index is 257. The maximum absolute atomic E-state index is 10.1. The maximum Gasteiger partial charge on any atom is 0.144 e. The average molecular weight is 189 g/mol. The third-order valence-corrected chi connectivity index (χ3v) is 3.78. The van der Waals surface area contributed by atoms with E-state index >= 15 is 0 Å². The molecule has 5 heteroatoms. The minimum absolute atomic E-state index is 0.337. The standard InChI is InChI=1S/C8H15NO4/c1-6(2)7(11)4(3-10)13-5(9)8(6,7)12/h4-5,10-12H,3,9H2,1-2H3/t4-,5-,7+,8-/m1/s1. The van der Waals surface area contributed by atoms with Crippen molar-refractivity contribution in [1.29, 1.82) is 0 Å². The molecule has 1 aliphatic carbocycles. The quantitative estimate of drug-likeness (QED) is 0.389. The molecule has 0 aromatic rings. The minimum Gasteiger partial charge on any atom is -0.394 e. The fourth-order valence-electron chi connectivity index (χ4n) is 2.67. The number of hydrogen-bond donors (Lipinski definition) is 4. The second kappa shape index (κ2) is 2.07. The van der Waals surface area contributed by atoms with E-state index in [1.54, 1.807) is 13.8 Å². The van der Waals surface area contributed by atoms with Crippen molar-refractivity contribution in [2.24, 2.45) is 11.1 Å². The van der Waals surface area contributed by atoms with Crippen LogP contribution < -0.4 is 5.73 Å². The highest BCUT2D eigenvalue weighted by atomic mass is 16.6. The Morgan fingerprint density at radius 3 is 2.08 bits per heavy atom. The SMILES string of the molecule is CC1(C)[C@]2(O)[C@H](N)O[C@H](CO)[C@]12O. The van der Waals surface area contributed by atoms with Crippen LogP contribution >= 0.6 is 0 Å². The molecule has 4 atom stereocenters. The smallest absolute Gasteiger partial charge is 0.144 e. The van der Waals surface area contributed by atoms with Crippen LogP contribution in [0.3, 0.4) is 0 Å². The summed E-state index contributed by atoms with van der Waals surface area (Å²) in [6, 6.07) is 0. The summed E-state index contributed by atoms with van der Waals surface area (Å²) in [5.74, 6) is 0. The summed E-state index contributed by atoms with van der Waals surface area (Å²) in [7, 11) is 0. The summed E-state index contributed by atoms with van der Waals surface area (Å²) in [5.41, 5.74) is 1.99. The fraction of sp³-hybridized carbons (Fsp3) is 1.00.